The second-order valence-corrected chi connectivity index (χ2v) is 6.21. The van der Waals surface area contributed by atoms with Crippen molar-refractivity contribution in [3.8, 4) is 0 Å². The molecule has 1 amide bonds. The van der Waals surface area contributed by atoms with Crippen molar-refractivity contribution in [3.63, 3.8) is 0 Å². The lowest BCUT2D eigenvalue weighted by Gasteiger charge is -2.22. The molecule has 1 heterocycles. The summed E-state index contributed by atoms with van der Waals surface area (Å²) in [5, 5.41) is 6.34. The molecule has 2 fully saturated rings. The third-order valence-electron chi connectivity index (χ3n) is 4.54. The van der Waals surface area contributed by atoms with Crippen molar-refractivity contribution in [3.05, 3.63) is 0 Å². The summed E-state index contributed by atoms with van der Waals surface area (Å²) in [7, 11) is 0. The Morgan fingerprint density at radius 1 is 1.15 bits per heavy atom. The van der Waals surface area contributed by atoms with Crippen LogP contribution in [0.2, 0.25) is 0 Å². The summed E-state index contributed by atoms with van der Waals surface area (Å²) in [4.78, 5) is 11.7. The summed E-state index contributed by atoms with van der Waals surface area (Å²) in [6.45, 7) is 3.67. The van der Waals surface area contributed by atoms with Crippen molar-refractivity contribution in [1.82, 2.24) is 10.6 Å². The number of carbonyl (C=O) groups is 1. The Morgan fingerprint density at radius 2 is 1.90 bits per heavy atom. The molecule has 0 radical (unpaired) electrons. The molecule has 0 atom stereocenters. The van der Waals surface area contributed by atoms with Crippen LogP contribution in [0, 0.1) is 5.92 Å². The van der Waals surface area contributed by atoms with E-state index in [0.29, 0.717) is 12.5 Å². The average Bonchev–Trinajstić information content (AvgIpc) is 2.99. The number of ether oxygens (including phenoxy) is 1. The first-order chi connectivity index (χ1) is 9.84. The molecule has 0 bridgehead atoms. The zero-order chi connectivity index (χ0) is 14.0. The monoisotopic (exact) mass is 282 g/mol. The van der Waals surface area contributed by atoms with Crippen LogP contribution in [0.15, 0.2) is 0 Å². The molecule has 20 heavy (non-hydrogen) atoms. The predicted molar refractivity (Wildman–Crippen MR) is 80.7 cm³/mol. The summed E-state index contributed by atoms with van der Waals surface area (Å²) in [6, 6.07) is 0. The second kappa shape index (κ2) is 9.35. The van der Waals surface area contributed by atoms with E-state index >= 15 is 0 Å². The number of carbonyl (C=O) groups excluding carboxylic acids is 1. The smallest absolute Gasteiger partial charge is 0.220 e. The highest BCUT2D eigenvalue weighted by Gasteiger charge is 2.16. The van der Waals surface area contributed by atoms with Crippen molar-refractivity contribution in [2.45, 2.75) is 63.9 Å². The molecule has 4 heteroatoms. The number of piperidine rings is 1. The summed E-state index contributed by atoms with van der Waals surface area (Å²) < 4.78 is 5.81. The predicted octanol–water partition coefficient (Wildman–Crippen LogP) is 2.23. The number of hydrogen-bond acceptors (Lipinski definition) is 3. The Bertz CT molecular complexity index is 272. The van der Waals surface area contributed by atoms with E-state index < -0.39 is 0 Å². The average molecular weight is 282 g/mol. The van der Waals surface area contributed by atoms with Crippen molar-refractivity contribution in [2.24, 2.45) is 5.92 Å². The van der Waals surface area contributed by atoms with E-state index in [1.165, 1.54) is 25.7 Å². The van der Waals surface area contributed by atoms with Gasteiger partial charge in [-0.25, -0.2) is 0 Å². The Balaban J connectivity index is 1.40. The molecular weight excluding hydrogens is 252 g/mol. The van der Waals surface area contributed by atoms with E-state index in [1.54, 1.807) is 0 Å². The topological polar surface area (TPSA) is 50.4 Å². The summed E-state index contributed by atoms with van der Waals surface area (Å²) in [5.74, 6) is 1.03. The van der Waals surface area contributed by atoms with E-state index in [4.69, 9.17) is 4.74 Å². The van der Waals surface area contributed by atoms with Crippen LogP contribution in [-0.2, 0) is 9.53 Å². The molecule has 116 valence electrons. The van der Waals surface area contributed by atoms with Crippen molar-refractivity contribution >= 4 is 5.91 Å². The summed E-state index contributed by atoms with van der Waals surface area (Å²) in [6.07, 6.45) is 10.8. The lowest BCUT2D eigenvalue weighted by Crippen LogP contribution is -2.33. The van der Waals surface area contributed by atoms with Gasteiger partial charge in [0.05, 0.1) is 6.10 Å². The molecule has 0 unspecified atom stereocenters. The molecule has 1 aliphatic carbocycles. The minimum absolute atomic E-state index is 0.221. The van der Waals surface area contributed by atoms with Gasteiger partial charge >= 0.3 is 0 Å². The Labute approximate surface area is 123 Å². The van der Waals surface area contributed by atoms with Gasteiger partial charge in [0.25, 0.3) is 0 Å². The molecule has 1 aliphatic heterocycles. The maximum Gasteiger partial charge on any atom is 0.220 e. The van der Waals surface area contributed by atoms with Crippen LogP contribution in [0.1, 0.15) is 57.8 Å². The van der Waals surface area contributed by atoms with E-state index in [2.05, 4.69) is 10.6 Å². The molecule has 4 nitrogen and oxygen atoms in total. The van der Waals surface area contributed by atoms with Gasteiger partial charge < -0.3 is 15.4 Å². The molecule has 0 aromatic heterocycles. The zero-order valence-electron chi connectivity index (χ0n) is 12.7. The van der Waals surface area contributed by atoms with Crippen LogP contribution in [0.25, 0.3) is 0 Å². The first kappa shape index (κ1) is 15.8. The van der Waals surface area contributed by atoms with Gasteiger partial charge in [0.15, 0.2) is 0 Å². The Kier molecular flexibility index (Phi) is 7.37. The molecular formula is C16H30N2O2. The van der Waals surface area contributed by atoms with Crippen LogP contribution in [0.5, 0.6) is 0 Å². The lowest BCUT2D eigenvalue weighted by molar-refractivity contribution is -0.121. The second-order valence-electron chi connectivity index (χ2n) is 6.21. The number of amides is 1. The SMILES string of the molecule is O=C(CCC1CCCC1)NCCCOC1CCNCC1. The Hall–Kier alpha value is -0.610. The maximum atomic E-state index is 11.7. The fraction of sp³-hybridized carbons (Fsp3) is 0.938. The number of hydrogen-bond donors (Lipinski definition) is 2. The normalized spacial score (nSPS) is 21.2. The fourth-order valence-corrected chi connectivity index (χ4v) is 3.23. The largest absolute Gasteiger partial charge is 0.378 e. The van der Waals surface area contributed by atoms with Gasteiger partial charge in [0, 0.05) is 19.6 Å². The van der Waals surface area contributed by atoms with Crippen LogP contribution < -0.4 is 10.6 Å². The standard InChI is InChI=1S/C16H30N2O2/c19-16(7-6-14-4-1-2-5-14)18-10-3-13-20-15-8-11-17-12-9-15/h14-15,17H,1-13H2,(H,18,19). The molecule has 0 aromatic rings. The Morgan fingerprint density at radius 3 is 2.65 bits per heavy atom. The van der Waals surface area contributed by atoms with Crippen molar-refractivity contribution in [2.75, 3.05) is 26.2 Å². The van der Waals surface area contributed by atoms with E-state index in [1.807, 2.05) is 0 Å². The first-order valence-electron chi connectivity index (χ1n) is 8.43. The highest BCUT2D eigenvalue weighted by atomic mass is 16.5. The summed E-state index contributed by atoms with van der Waals surface area (Å²) in [5.41, 5.74) is 0. The van der Waals surface area contributed by atoms with Gasteiger partial charge in [0.2, 0.25) is 5.91 Å². The number of nitrogens with one attached hydrogen (secondary N) is 2. The molecule has 0 aromatic carbocycles. The van der Waals surface area contributed by atoms with Gasteiger partial charge in [0.1, 0.15) is 0 Å². The first-order valence-corrected chi connectivity index (χ1v) is 8.43. The minimum Gasteiger partial charge on any atom is -0.378 e. The van der Waals surface area contributed by atoms with Gasteiger partial charge in [-0.1, -0.05) is 25.7 Å². The van der Waals surface area contributed by atoms with Gasteiger partial charge in [-0.2, -0.15) is 0 Å². The number of rotatable bonds is 8. The highest BCUT2D eigenvalue weighted by Crippen LogP contribution is 2.28. The van der Waals surface area contributed by atoms with E-state index in [9.17, 15) is 4.79 Å². The van der Waals surface area contributed by atoms with Crippen molar-refractivity contribution in [1.29, 1.82) is 0 Å². The summed E-state index contributed by atoms with van der Waals surface area (Å²) >= 11 is 0. The van der Waals surface area contributed by atoms with Crippen LogP contribution in [0.4, 0.5) is 0 Å². The van der Waals surface area contributed by atoms with Crippen LogP contribution in [0.3, 0.4) is 0 Å². The molecule has 0 spiro atoms. The van der Waals surface area contributed by atoms with Crippen molar-refractivity contribution < 1.29 is 9.53 Å². The quantitative estimate of drug-likeness (QED) is 0.671. The lowest BCUT2D eigenvalue weighted by atomic mass is 10.0. The van der Waals surface area contributed by atoms with Gasteiger partial charge in [-0.3, -0.25) is 4.79 Å². The highest BCUT2D eigenvalue weighted by molar-refractivity contribution is 5.75. The van der Waals surface area contributed by atoms with Crippen LogP contribution >= 0.6 is 0 Å². The third-order valence-corrected chi connectivity index (χ3v) is 4.54. The fourth-order valence-electron chi connectivity index (χ4n) is 3.23. The molecule has 1 saturated carbocycles. The van der Waals surface area contributed by atoms with E-state index in [-0.39, 0.29) is 5.91 Å². The van der Waals surface area contributed by atoms with Gasteiger partial charge in [-0.15, -0.1) is 0 Å². The zero-order valence-corrected chi connectivity index (χ0v) is 12.7. The molecule has 2 N–H and O–H groups in total. The minimum atomic E-state index is 0.221. The molecule has 2 rings (SSSR count). The van der Waals surface area contributed by atoms with Gasteiger partial charge in [-0.05, 0) is 44.7 Å². The molecule has 1 saturated heterocycles. The third kappa shape index (κ3) is 6.23. The van der Waals surface area contributed by atoms with Crippen LogP contribution in [-0.4, -0.2) is 38.3 Å². The molecule has 2 aliphatic rings. The van der Waals surface area contributed by atoms with E-state index in [0.717, 1.165) is 57.8 Å². The maximum absolute atomic E-state index is 11.7.